The minimum Gasteiger partial charge on any atom is -0.486 e. The van der Waals surface area contributed by atoms with Gasteiger partial charge in [0, 0.05) is 6.07 Å². The lowest BCUT2D eigenvalue weighted by molar-refractivity contribution is 0.0493. The predicted octanol–water partition coefficient (Wildman–Crippen LogP) is 4.50. The van der Waals surface area contributed by atoms with Gasteiger partial charge < -0.3 is 9.47 Å². The molecule has 0 aliphatic rings. The Morgan fingerprint density at radius 3 is 2.52 bits per heavy atom. The molecule has 2 aromatic carbocycles. The highest BCUT2D eigenvalue weighted by Crippen LogP contribution is 2.23. The summed E-state index contributed by atoms with van der Waals surface area (Å²) >= 11 is 0. The molecule has 0 bridgehead atoms. The standard InChI is InChI=1S/C18H18F2O3/c1-2-3-9-22-18(21)14-10-16(20)17(11-15(14)19)23-12-13-7-5-4-6-8-13/h4-8,10-11H,2-3,9,12H2,1H3. The number of esters is 1. The average molecular weight is 320 g/mol. The van der Waals surface area contributed by atoms with Gasteiger partial charge in [0.05, 0.1) is 12.2 Å². The molecule has 0 aliphatic heterocycles. The van der Waals surface area contributed by atoms with Crippen molar-refractivity contribution >= 4 is 5.97 Å². The van der Waals surface area contributed by atoms with Crippen molar-refractivity contribution < 1.29 is 23.0 Å². The minimum atomic E-state index is -0.871. The molecule has 0 saturated heterocycles. The average Bonchev–Trinajstić information content (AvgIpc) is 2.56. The van der Waals surface area contributed by atoms with Crippen LogP contribution in [-0.4, -0.2) is 12.6 Å². The van der Waals surface area contributed by atoms with Crippen molar-refractivity contribution in [3.05, 3.63) is 65.2 Å². The topological polar surface area (TPSA) is 35.5 Å². The fraction of sp³-hybridized carbons (Fsp3) is 0.278. The van der Waals surface area contributed by atoms with Crippen molar-refractivity contribution in [2.45, 2.75) is 26.4 Å². The molecule has 0 aliphatic carbocycles. The lowest BCUT2D eigenvalue weighted by atomic mass is 10.2. The number of ether oxygens (including phenoxy) is 2. The van der Waals surface area contributed by atoms with E-state index in [0.29, 0.717) is 6.42 Å². The van der Waals surface area contributed by atoms with Gasteiger partial charge in [0.25, 0.3) is 0 Å². The van der Waals surface area contributed by atoms with Gasteiger partial charge in [-0.2, -0.15) is 0 Å². The number of rotatable bonds is 7. The van der Waals surface area contributed by atoms with Gasteiger partial charge in [-0.25, -0.2) is 13.6 Å². The van der Waals surface area contributed by atoms with Crippen LogP contribution in [0.1, 0.15) is 35.7 Å². The molecule has 0 saturated carbocycles. The zero-order valence-electron chi connectivity index (χ0n) is 12.9. The second-order valence-corrected chi connectivity index (χ2v) is 5.03. The van der Waals surface area contributed by atoms with E-state index in [2.05, 4.69) is 0 Å². The van der Waals surface area contributed by atoms with Crippen LogP contribution in [0.25, 0.3) is 0 Å². The maximum atomic E-state index is 14.0. The normalized spacial score (nSPS) is 10.4. The molecule has 2 rings (SSSR count). The zero-order valence-corrected chi connectivity index (χ0v) is 12.9. The van der Waals surface area contributed by atoms with Crippen molar-refractivity contribution in [1.82, 2.24) is 0 Å². The highest BCUT2D eigenvalue weighted by atomic mass is 19.1. The molecule has 5 heteroatoms. The van der Waals surface area contributed by atoms with Gasteiger partial charge in [0.1, 0.15) is 12.4 Å². The number of halogens is 2. The smallest absolute Gasteiger partial charge is 0.341 e. The van der Waals surface area contributed by atoms with Crippen LogP contribution in [-0.2, 0) is 11.3 Å². The van der Waals surface area contributed by atoms with Gasteiger partial charge in [-0.1, -0.05) is 43.7 Å². The van der Waals surface area contributed by atoms with Crippen molar-refractivity contribution in [1.29, 1.82) is 0 Å². The van der Waals surface area contributed by atoms with E-state index in [4.69, 9.17) is 9.47 Å². The van der Waals surface area contributed by atoms with Crippen LogP contribution >= 0.6 is 0 Å². The van der Waals surface area contributed by atoms with E-state index in [1.54, 1.807) is 0 Å². The van der Waals surface area contributed by atoms with Crippen molar-refractivity contribution in [3.8, 4) is 5.75 Å². The third-order valence-electron chi connectivity index (χ3n) is 3.21. The Bertz CT molecular complexity index is 657. The number of carbonyl (C=O) groups excluding carboxylic acids is 1. The summed E-state index contributed by atoms with van der Waals surface area (Å²) < 4.78 is 38.1. The Labute approximate surface area is 133 Å². The molecule has 2 aromatic rings. The molecular formula is C18H18F2O3. The molecule has 0 fully saturated rings. The monoisotopic (exact) mass is 320 g/mol. The van der Waals surface area contributed by atoms with E-state index >= 15 is 0 Å². The molecule has 0 spiro atoms. The van der Waals surface area contributed by atoms with Gasteiger partial charge in [-0.15, -0.1) is 0 Å². The number of hydrogen-bond donors (Lipinski definition) is 0. The molecule has 0 unspecified atom stereocenters. The highest BCUT2D eigenvalue weighted by molar-refractivity contribution is 5.89. The van der Waals surface area contributed by atoms with Gasteiger partial charge in [0.2, 0.25) is 0 Å². The summed E-state index contributed by atoms with van der Waals surface area (Å²) in [5.41, 5.74) is 0.404. The second kappa shape index (κ2) is 8.27. The van der Waals surface area contributed by atoms with Crippen LogP contribution in [0.3, 0.4) is 0 Å². The van der Waals surface area contributed by atoms with Gasteiger partial charge in [-0.3, -0.25) is 0 Å². The van der Waals surface area contributed by atoms with Crippen molar-refractivity contribution in [2.75, 3.05) is 6.61 Å². The van der Waals surface area contributed by atoms with E-state index < -0.39 is 23.2 Å². The first-order valence-corrected chi connectivity index (χ1v) is 7.44. The Morgan fingerprint density at radius 2 is 1.83 bits per heavy atom. The molecule has 0 heterocycles. The molecule has 122 valence electrons. The lowest BCUT2D eigenvalue weighted by Crippen LogP contribution is -2.10. The molecule has 0 atom stereocenters. The van der Waals surface area contributed by atoms with Crippen LogP contribution < -0.4 is 4.74 Å². The largest absolute Gasteiger partial charge is 0.486 e. The van der Waals surface area contributed by atoms with Gasteiger partial charge in [0.15, 0.2) is 11.6 Å². The predicted molar refractivity (Wildman–Crippen MR) is 82.3 cm³/mol. The molecule has 0 N–H and O–H groups in total. The fourth-order valence-electron chi connectivity index (χ4n) is 1.92. The van der Waals surface area contributed by atoms with E-state index in [1.807, 2.05) is 37.3 Å². The highest BCUT2D eigenvalue weighted by Gasteiger charge is 2.18. The third-order valence-corrected chi connectivity index (χ3v) is 3.21. The zero-order chi connectivity index (χ0) is 16.7. The Balaban J connectivity index is 2.06. The molecule has 0 aromatic heterocycles. The van der Waals surface area contributed by atoms with Gasteiger partial charge >= 0.3 is 5.97 Å². The van der Waals surface area contributed by atoms with Crippen LogP contribution in [0.15, 0.2) is 42.5 Å². The summed E-state index contributed by atoms with van der Waals surface area (Å²) in [6.45, 7) is 2.23. The maximum absolute atomic E-state index is 14.0. The quantitative estimate of drug-likeness (QED) is 0.556. The number of unbranched alkanes of at least 4 members (excludes halogenated alkanes) is 1. The summed E-state index contributed by atoms with van der Waals surface area (Å²) in [6.07, 6.45) is 1.52. The van der Waals surface area contributed by atoms with Crippen LogP contribution in [0, 0.1) is 11.6 Å². The number of benzene rings is 2. The third kappa shape index (κ3) is 4.77. The maximum Gasteiger partial charge on any atom is 0.341 e. The molecule has 0 radical (unpaired) electrons. The van der Waals surface area contributed by atoms with E-state index in [0.717, 1.165) is 24.1 Å². The molecule has 23 heavy (non-hydrogen) atoms. The Kier molecular flexibility index (Phi) is 6.09. The van der Waals surface area contributed by atoms with Gasteiger partial charge in [-0.05, 0) is 18.1 Å². The van der Waals surface area contributed by atoms with Crippen LogP contribution in [0.5, 0.6) is 5.75 Å². The molecule has 3 nitrogen and oxygen atoms in total. The number of carbonyl (C=O) groups is 1. The first-order valence-electron chi connectivity index (χ1n) is 7.44. The summed E-state index contributed by atoms with van der Waals surface area (Å²) in [7, 11) is 0. The molecule has 0 amide bonds. The van der Waals surface area contributed by atoms with E-state index in [1.165, 1.54) is 0 Å². The summed E-state index contributed by atoms with van der Waals surface area (Å²) in [5.74, 6) is -2.78. The summed E-state index contributed by atoms with van der Waals surface area (Å²) in [4.78, 5) is 11.7. The Morgan fingerprint density at radius 1 is 1.09 bits per heavy atom. The van der Waals surface area contributed by atoms with E-state index in [9.17, 15) is 13.6 Å². The summed E-state index contributed by atoms with van der Waals surface area (Å²) in [6, 6.07) is 10.8. The second-order valence-electron chi connectivity index (χ2n) is 5.03. The SMILES string of the molecule is CCCCOC(=O)c1cc(F)c(OCc2ccccc2)cc1F. The number of hydrogen-bond acceptors (Lipinski definition) is 3. The van der Waals surface area contributed by atoms with Crippen LogP contribution in [0.2, 0.25) is 0 Å². The van der Waals surface area contributed by atoms with Crippen molar-refractivity contribution in [2.24, 2.45) is 0 Å². The first-order chi connectivity index (χ1) is 11.1. The Hall–Kier alpha value is -2.43. The fourth-order valence-corrected chi connectivity index (χ4v) is 1.92. The molecular weight excluding hydrogens is 302 g/mol. The van der Waals surface area contributed by atoms with E-state index in [-0.39, 0.29) is 19.0 Å². The van der Waals surface area contributed by atoms with Crippen LogP contribution in [0.4, 0.5) is 8.78 Å². The van der Waals surface area contributed by atoms with Crippen molar-refractivity contribution in [3.63, 3.8) is 0 Å². The lowest BCUT2D eigenvalue weighted by Gasteiger charge is -2.10. The first kappa shape index (κ1) is 16.9. The minimum absolute atomic E-state index is 0.109. The summed E-state index contributed by atoms with van der Waals surface area (Å²) in [5, 5.41) is 0.